The molecule has 2 heterocycles. The van der Waals surface area contributed by atoms with Crippen LogP contribution in [0.5, 0.6) is 0 Å². The predicted molar refractivity (Wildman–Crippen MR) is 89.0 cm³/mol. The molecule has 0 spiro atoms. The number of halogens is 1. The van der Waals surface area contributed by atoms with Crippen molar-refractivity contribution in [2.45, 2.75) is 32.2 Å². The Bertz CT molecular complexity index is 777. The van der Waals surface area contributed by atoms with Crippen molar-refractivity contribution in [3.8, 4) is 11.4 Å². The largest absolute Gasteiger partial charge is 0.322 e. The van der Waals surface area contributed by atoms with Gasteiger partial charge >= 0.3 is 6.03 Å². The standard InChI is InChI=1S/C18H19FN4O/c1-11-5-6-14(7-15(11)17-20-8-13(19)9-21-17)22-18(24)23-10-12-3-2-4-16(12)23/h5-9,12,16H,2-4,10H2,1H3,(H,22,24)/t12-,16-/m0/s1. The third kappa shape index (κ3) is 2.62. The Labute approximate surface area is 139 Å². The molecule has 2 atom stereocenters. The number of fused-ring (bicyclic) bond motifs is 1. The minimum absolute atomic E-state index is 0.0482. The Kier molecular flexibility index (Phi) is 3.67. The summed E-state index contributed by atoms with van der Waals surface area (Å²) in [6.07, 6.45) is 5.86. The van der Waals surface area contributed by atoms with E-state index in [2.05, 4.69) is 15.3 Å². The molecule has 1 aliphatic carbocycles. The molecule has 4 rings (SSSR count). The van der Waals surface area contributed by atoms with Crippen molar-refractivity contribution in [2.24, 2.45) is 5.92 Å². The maximum atomic E-state index is 13.0. The number of rotatable bonds is 2. The SMILES string of the molecule is Cc1ccc(NC(=O)N2C[C@@H]3CCC[C@@H]32)cc1-c1ncc(F)cn1. The summed E-state index contributed by atoms with van der Waals surface area (Å²) in [6.45, 7) is 2.79. The van der Waals surface area contributed by atoms with Gasteiger partial charge in [0, 0.05) is 23.8 Å². The summed E-state index contributed by atoms with van der Waals surface area (Å²) in [5.41, 5.74) is 2.46. The van der Waals surface area contributed by atoms with Crippen LogP contribution in [0.25, 0.3) is 11.4 Å². The van der Waals surface area contributed by atoms with Crippen LogP contribution in [-0.2, 0) is 0 Å². The Morgan fingerprint density at radius 1 is 1.29 bits per heavy atom. The fourth-order valence-corrected chi connectivity index (χ4v) is 3.71. The van der Waals surface area contributed by atoms with Gasteiger partial charge in [0.05, 0.1) is 12.4 Å². The summed E-state index contributed by atoms with van der Waals surface area (Å²) in [7, 11) is 0. The number of hydrogen-bond acceptors (Lipinski definition) is 3. The van der Waals surface area contributed by atoms with E-state index in [1.165, 1.54) is 12.8 Å². The van der Waals surface area contributed by atoms with E-state index >= 15 is 0 Å². The number of carbonyl (C=O) groups is 1. The van der Waals surface area contributed by atoms with Crippen LogP contribution < -0.4 is 5.32 Å². The quantitative estimate of drug-likeness (QED) is 0.917. The van der Waals surface area contributed by atoms with Crippen LogP contribution >= 0.6 is 0 Å². The Morgan fingerprint density at radius 3 is 2.83 bits per heavy atom. The number of amides is 2. The lowest BCUT2D eigenvalue weighted by molar-refractivity contribution is 0.0797. The lowest BCUT2D eigenvalue weighted by Crippen LogP contribution is -2.57. The number of carbonyl (C=O) groups excluding carboxylic acids is 1. The topological polar surface area (TPSA) is 58.1 Å². The molecule has 1 saturated carbocycles. The molecule has 2 aliphatic rings. The maximum absolute atomic E-state index is 13.0. The fourth-order valence-electron chi connectivity index (χ4n) is 3.71. The molecular weight excluding hydrogens is 307 g/mol. The van der Waals surface area contributed by atoms with Crippen LogP contribution in [0.1, 0.15) is 24.8 Å². The number of benzene rings is 1. The molecule has 6 heteroatoms. The number of nitrogens with one attached hydrogen (secondary N) is 1. The number of aryl methyl sites for hydroxylation is 1. The Hall–Kier alpha value is -2.50. The zero-order chi connectivity index (χ0) is 16.7. The second-order valence-corrected chi connectivity index (χ2v) is 6.60. The number of hydrogen-bond donors (Lipinski definition) is 1. The Balaban J connectivity index is 1.53. The van der Waals surface area contributed by atoms with E-state index in [0.29, 0.717) is 23.5 Å². The van der Waals surface area contributed by atoms with Gasteiger partial charge in [-0.2, -0.15) is 0 Å². The minimum Gasteiger partial charge on any atom is -0.321 e. The molecule has 2 amide bonds. The molecule has 124 valence electrons. The van der Waals surface area contributed by atoms with E-state index in [-0.39, 0.29) is 6.03 Å². The average molecular weight is 326 g/mol. The fraction of sp³-hybridized carbons (Fsp3) is 0.389. The molecule has 1 saturated heterocycles. The summed E-state index contributed by atoms with van der Waals surface area (Å²) in [5.74, 6) is 0.673. The van der Waals surface area contributed by atoms with Crippen molar-refractivity contribution in [1.29, 1.82) is 0 Å². The first kappa shape index (κ1) is 15.1. The van der Waals surface area contributed by atoms with Gasteiger partial charge in [-0.3, -0.25) is 0 Å². The van der Waals surface area contributed by atoms with E-state index in [1.807, 2.05) is 30.0 Å². The van der Waals surface area contributed by atoms with Gasteiger partial charge in [0.1, 0.15) is 0 Å². The van der Waals surface area contributed by atoms with Crippen LogP contribution in [0.3, 0.4) is 0 Å². The highest BCUT2D eigenvalue weighted by molar-refractivity contribution is 5.91. The molecule has 2 fully saturated rings. The highest BCUT2D eigenvalue weighted by Gasteiger charge is 2.44. The third-order valence-corrected chi connectivity index (χ3v) is 5.06. The van der Waals surface area contributed by atoms with Crippen molar-refractivity contribution in [1.82, 2.24) is 14.9 Å². The average Bonchev–Trinajstić information content (AvgIpc) is 2.91. The first-order valence-corrected chi connectivity index (χ1v) is 8.28. The normalized spacial score (nSPS) is 22.0. The smallest absolute Gasteiger partial charge is 0.321 e. The van der Waals surface area contributed by atoms with Crippen LogP contribution in [0.4, 0.5) is 14.9 Å². The zero-order valence-corrected chi connectivity index (χ0v) is 13.5. The van der Waals surface area contributed by atoms with E-state index in [0.717, 1.165) is 36.5 Å². The van der Waals surface area contributed by atoms with Gasteiger partial charge in [0.25, 0.3) is 0 Å². The summed E-state index contributed by atoms with van der Waals surface area (Å²) in [6, 6.07) is 5.98. The number of anilines is 1. The molecule has 2 aromatic rings. The molecule has 0 bridgehead atoms. The van der Waals surface area contributed by atoms with Gasteiger partial charge in [-0.05, 0) is 43.4 Å². The highest BCUT2D eigenvalue weighted by Crippen LogP contribution is 2.39. The summed E-state index contributed by atoms with van der Waals surface area (Å²) in [4.78, 5) is 22.4. The van der Waals surface area contributed by atoms with Gasteiger partial charge in [0.15, 0.2) is 11.6 Å². The van der Waals surface area contributed by atoms with Gasteiger partial charge in [-0.1, -0.05) is 12.5 Å². The minimum atomic E-state index is -0.468. The second-order valence-electron chi connectivity index (χ2n) is 6.60. The highest BCUT2D eigenvalue weighted by atomic mass is 19.1. The molecule has 1 aromatic heterocycles. The van der Waals surface area contributed by atoms with E-state index in [4.69, 9.17) is 0 Å². The Morgan fingerprint density at radius 2 is 2.08 bits per heavy atom. The number of urea groups is 1. The lowest BCUT2D eigenvalue weighted by Gasteiger charge is -2.44. The lowest BCUT2D eigenvalue weighted by atomic mass is 9.92. The van der Waals surface area contributed by atoms with Crippen LogP contribution in [0, 0.1) is 18.7 Å². The van der Waals surface area contributed by atoms with Gasteiger partial charge < -0.3 is 10.2 Å². The first-order valence-electron chi connectivity index (χ1n) is 8.28. The molecule has 1 aliphatic heterocycles. The zero-order valence-electron chi connectivity index (χ0n) is 13.5. The van der Waals surface area contributed by atoms with E-state index in [1.54, 1.807) is 0 Å². The molecule has 0 radical (unpaired) electrons. The number of likely N-dealkylation sites (tertiary alicyclic amines) is 1. The molecule has 24 heavy (non-hydrogen) atoms. The van der Waals surface area contributed by atoms with Gasteiger partial charge in [-0.25, -0.2) is 19.2 Å². The molecule has 1 aromatic carbocycles. The monoisotopic (exact) mass is 326 g/mol. The summed E-state index contributed by atoms with van der Waals surface area (Å²) in [5, 5.41) is 2.96. The van der Waals surface area contributed by atoms with Crippen molar-refractivity contribution < 1.29 is 9.18 Å². The molecule has 0 unspecified atom stereocenters. The van der Waals surface area contributed by atoms with Crippen molar-refractivity contribution in [2.75, 3.05) is 11.9 Å². The number of nitrogens with zero attached hydrogens (tertiary/aromatic N) is 3. The second kappa shape index (κ2) is 5.85. The predicted octanol–water partition coefficient (Wildman–Crippen LogP) is 3.61. The van der Waals surface area contributed by atoms with Crippen LogP contribution in [0.2, 0.25) is 0 Å². The van der Waals surface area contributed by atoms with Gasteiger partial charge in [-0.15, -0.1) is 0 Å². The van der Waals surface area contributed by atoms with Crippen molar-refractivity contribution in [3.05, 3.63) is 42.0 Å². The molecule has 1 N–H and O–H groups in total. The summed E-state index contributed by atoms with van der Waals surface area (Å²) < 4.78 is 13.0. The van der Waals surface area contributed by atoms with Crippen molar-refractivity contribution >= 4 is 11.7 Å². The van der Waals surface area contributed by atoms with E-state index < -0.39 is 5.82 Å². The molecular formula is C18H19FN4O. The molecule has 5 nitrogen and oxygen atoms in total. The van der Waals surface area contributed by atoms with E-state index in [9.17, 15) is 9.18 Å². The van der Waals surface area contributed by atoms with Crippen LogP contribution in [-0.4, -0.2) is 33.5 Å². The van der Waals surface area contributed by atoms with Crippen molar-refractivity contribution in [3.63, 3.8) is 0 Å². The van der Waals surface area contributed by atoms with Crippen LogP contribution in [0.15, 0.2) is 30.6 Å². The first-order chi connectivity index (χ1) is 11.6. The number of aromatic nitrogens is 2. The van der Waals surface area contributed by atoms with Gasteiger partial charge in [0.2, 0.25) is 0 Å². The summed E-state index contributed by atoms with van der Waals surface area (Å²) >= 11 is 0. The maximum Gasteiger partial charge on any atom is 0.322 e. The third-order valence-electron chi connectivity index (χ3n) is 5.06.